The Morgan fingerprint density at radius 2 is 2.17 bits per heavy atom. The molecule has 0 N–H and O–H groups in total. The van der Waals surface area contributed by atoms with E-state index in [0.29, 0.717) is 29.2 Å². The average molecular weight is 349 g/mol. The van der Waals surface area contributed by atoms with Crippen LogP contribution in [0.5, 0.6) is 0 Å². The fraction of sp³-hybridized carbons (Fsp3) is 0.294. The van der Waals surface area contributed by atoms with Crippen LogP contribution in [0.15, 0.2) is 41.0 Å². The van der Waals surface area contributed by atoms with Crippen LogP contribution in [0.4, 0.5) is 4.39 Å². The van der Waals surface area contributed by atoms with Crippen LogP contribution in [-0.2, 0) is 9.53 Å². The molecule has 1 saturated heterocycles. The van der Waals surface area contributed by atoms with Gasteiger partial charge < -0.3 is 14.1 Å². The van der Waals surface area contributed by atoms with Crippen molar-refractivity contribution in [2.24, 2.45) is 0 Å². The number of aryl methyl sites for hydroxylation is 1. The van der Waals surface area contributed by atoms with E-state index in [9.17, 15) is 14.0 Å². The number of furan rings is 1. The Bertz CT molecular complexity index is 761. The van der Waals surface area contributed by atoms with Crippen LogP contribution < -0.4 is 0 Å². The van der Waals surface area contributed by atoms with E-state index in [1.54, 1.807) is 30.0 Å². The number of esters is 1. The molecule has 0 saturated carbocycles. The van der Waals surface area contributed by atoms with Crippen LogP contribution in [-0.4, -0.2) is 35.7 Å². The number of nitrogens with zero attached hydrogens (tertiary/aromatic N) is 1. The molecule has 0 spiro atoms. The van der Waals surface area contributed by atoms with Gasteiger partial charge in [0.1, 0.15) is 22.5 Å². The molecule has 24 heavy (non-hydrogen) atoms. The van der Waals surface area contributed by atoms with E-state index >= 15 is 0 Å². The number of halogens is 1. The van der Waals surface area contributed by atoms with Crippen LogP contribution in [0.1, 0.15) is 27.1 Å². The molecule has 5 nitrogen and oxygen atoms in total. The van der Waals surface area contributed by atoms with Gasteiger partial charge in [0, 0.05) is 17.9 Å². The van der Waals surface area contributed by atoms with Crippen molar-refractivity contribution in [2.45, 2.75) is 12.3 Å². The van der Waals surface area contributed by atoms with E-state index in [-0.39, 0.29) is 18.3 Å². The SMILES string of the molecule is Cc1occc1C(=O)OCC(=O)N1CCS[C@H]1c1ccccc1F. The minimum Gasteiger partial charge on any atom is -0.469 e. The van der Waals surface area contributed by atoms with Crippen molar-refractivity contribution in [3.05, 3.63) is 59.3 Å². The fourth-order valence-corrected chi connectivity index (χ4v) is 3.84. The molecule has 7 heteroatoms. The molecule has 1 aromatic heterocycles. The molecule has 0 unspecified atom stereocenters. The van der Waals surface area contributed by atoms with Crippen LogP contribution in [0, 0.1) is 12.7 Å². The maximum absolute atomic E-state index is 14.0. The van der Waals surface area contributed by atoms with Crippen molar-refractivity contribution in [1.29, 1.82) is 0 Å². The van der Waals surface area contributed by atoms with E-state index in [0.717, 1.165) is 0 Å². The number of ether oxygens (including phenoxy) is 1. The van der Waals surface area contributed by atoms with E-state index in [1.807, 2.05) is 0 Å². The second kappa shape index (κ2) is 7.09. The third kappa shape index (κ3) is 3.31. The zero-order valence-corrected chi connectivity index (χ0v) is 13.8. The summed E-state index contributed by atoms with van der Waals surface area (Å²) < 4.78 is 24.1. The second-order valence-electron chi connectivity index (χ2n) is 5.30. The van der Waals surface area contributed by atoms with Gasteiger partial charge in [0.2, 0.25) is 0 Å². The number of carbonyl (C=O) groups excluding carboxylic acids is 2. The van der Waals surface area contributed by atoms with Crippen LogP contribution >= 0.6 is 11.8 Å². The number of benzene rings is 1. The molecule has 0 aliphatic carbocycles. The number of amides is 1. The molecular weight excluding hydrogens is 333 g/mol. The van der Waals surface area contributed by atoms with Gasteiger partial charge in [-0.1, -0.05) is 18.2 Å². The Morgan fingerprint density at radius 1 is 1.38 bits per heavy atom. The quantitative estimate of drug-likeness (QED) is 0.794. The Balaban J connectivity index is 1.65. The molecule has 126 valence electrons. The van der Waals surface area contributed by atoms with Crippen molar-refractivity contribution in [3.63, 3.8) is 0 Å². The average Bonchev–Trinajstić information content (AvgIpc) is 3.21. The largest absolute Gasteiger partial charge is 0.469 e. The first-order chi connectivity index (χ1) is 11.6. The van der Waals surface area contributed by atoms with Gasteiger partial charge in [-0.3, -0.25) is 4.79 Å². The lowest BCUT2D eigenvalue weighted by atomic mass is 10.2. The molecule has 2 aromatic rings. The third-order valence-corrected chi connectivity index (χ3v) is 5.03. The Labute approximate surface area is 142 Å². The Morgan fingerprint density at radius 3 is 2.88 bits per heavy atom. The lowest BCUT2D eigenvalue weighted by molar-refractivity contribution is -0.134. The Hall–Kier alpha value is -2.28. The second-order valence-corrected chi connectivity index (χ2v) is 6.49. The topological polar surface area (TPSA) is 59.8 Å². The first kappa shape index (κ1) is 16.6. The van der Waals surface area contributed by atoms with E-state index in [2.05, 4.69) is 0 Å². The van der Waals surface area contributed by atoms with Crippen molar-refractivity contribution in [2.75, 3.05) is 18.9 Å². The molecular formula is C17H16FNO4S. The number of hydrogen-bond donors (Lipinski definition) is 0. The molecule has 1 aliphatic rings. The molecule has 1 amide bonds. The normalized spacial score (nSPS) is 17.1. The van der Waals surface area contributed by atoms with Crippen molar-refractivity contribution < 1.29 is 23.1 Å². The highest BCUT2D eigenvalue weighted by Gasteiger charge is 2.32. The van der Waals surface area contributed by atoms with Gasteiger partial charge in [-0.05, 0) is 19.1 Å². The van der Waals surface area contributed by atoms with Crippen molar-refractivity contribution >= 4 is 23.6 Å². The number of thioether (sulfide) groups is 1. The minimum absolute atomic E-state index is 0.296. The summed E-state index contributed by atoms with van der Waals surface area (Å²) in [4.78, 5) is 25.9. The molecule has 1 aliphatic heterocycles. The number of hydrogen-bond acceptors (Lipinski definition) is 5. The van der Waals surface area contributed by atoms with Crippen LogP contribution in [0.3, 0.4) is 0 Å². The van der Waals surface area contributed by atoms with Gasteiger partial charge in [-0.25, -0.2) is 9.18 Å². The first-order valence-corrected chi connectivity index (χ1v) is 8.49. The predicted molar refractivity (Wildman–Crippen MR) is 87.0 cm³/mol. The third-order valence-electron chi connectivity index (χ3n) is 3.79. The maximum atomic E-state index is 14.0. The molecule has 0 bridgehead atoms. The van der Waals surface area contributed by atoms with E-state index in [1.165, 1.54) is 30.2 Å². The van der Waals surface area contributed by atoms with E-state index < -0.39 is 11.3 Å². The monoisotopic (exact) mass is 349 g/mol. The van der Waals surface area contributed by atoms with Gasteiger partial charge in [-0.2, -0.15) is 0 Å². The summed E-state index contributed by atoms with van der Waals surface area (Å²) in [5, 5.41) is -0.395. The highest BCUT2D eigenvalue weighted by Crippen LogP contribution is 2.38. The van der Waals surface area contributed by atoms with Gasteiger partial charge in [0.15, 0.2) is 6.61 Å². The highest BCUT2D eigenvalue weighted by molar-refractivity contribution is 7.99. The first-order valence-electron chi connectivity index (χ1n) is 7.44. The lowest BCUT2D eigenvalue weighted by Gasteiger charge is -2.24. The van der Waals surface area contributed by atoms with Crippen LogP contribution in [0.2, 0.25) is 0 Å². The summed E-state index contributed by atoms with van der Waals surface area (Å²) in [5.74, 6) is -0.153. The van der Waals surface area contributed by atoms with Gasteiger partial charge in [-0.15, -0.1) is 11.8 Å². The number of carbonyl (C=O) groups is 2. The van der Waals surface area contributed by atoms with Gasteiger partial charge in [0.05, 0.1) is 6.26 Å². The summed E-state index contributed by atoms with van der Waals surface area (Å²) in [7, 11) is 0. The number of rotatable bonds is 4. The van der Waals surface area contributed by atoms with E-state index in [4.69, 9.17) is 9.15 Å². The minimum atomic E-state index is -0.608. The molecule has 1 aromatic carbocycles. The molecule has 3 rings (SSSR count). The predicted octanol–water partition coefficient (Wildman–Crippen LogP) is 3.16. The summed E-state index contributed by atoms with van der Waals surface area (Å²) in [6.45, 7) is 1.75. The summed E-state index contributed by atoms with van der Waals surface area (Å²) in [6, 6.07) is 7.88. The van der Waals surface area contributed by atoms with Crippen molar-refractivity contribution in [1.82, 2.24) is 4.90 Å². The smallest absolute Gasteiger partial charge is 0.342 e. The Kier molecular flexibility index (Phi) is 4.89. The fourth-order valence-electron chi connectivity index (χ4n) is 2.54. The van der Waals surface area contributed by atoms with Gasteiger partial charge in [0.25, 0.3) is 5.91 Å². The van der Waals surface area contributed by atoms with Crippen molar-refractivity contribution in [3.8, 4) is 0 Å². The standard InChI is InChI=1S/C17H16FNO4S/c1-11-12(6-8-22-11)17(21)23-10-15(20)19-7-9-24-16(19)13-4-2-3-5-14(13)18/h2-6,8,16H,7,9-10H2,1H3/t16-/m0/s1. The maximum Gasteiger partial charge on any atom is 0.342 e. The zero-order valence-electron chi connectivity index (χ0n) is 13.0. The zero-order chi connectivity index (χ0) is 17.1. The summed E-state index contributed by atoms with van der Waals surface area (Å²) in [6.07, 6.45) is 1.39. The molecule has 2 heterocycles. The summed E-state index contributed by atoms with van der Waals surface area (Å²) in [5.41, 5.74) is 0.759. The molecule has 1 atom stereocenters. The van der Waals surface area contributed by atoms with Gasteiger partial charge >= 0.3 is 5.97 Å². The van der Waals surface area contributed by atoms with Crippen LogP contribution in [0.25, 0.3) is 0 Å². The lowest BCUT2D eigenvalue weighted by Crippen LogP contribution is -2.34. The highest BCUT2D eigenvalue weighted by atomic mass is 32.2. The molecule has 0 radical (unpaired) electrons. The summed E-state index contributed by atoms with van der Waals surface area (Å²) >= 11 is 1.49. The molecule has 1 fully saturated rings.